The number of nitrogens with zero attached hydrogens (tertiary/aromatic N) is 1. The van der Waals surface area contributed by atoms with Gasteiger partial charge in [0.15, 0.2) is 0 Å². The van der Waals surface area contributed by atoms with Crippen LogP contribution in [0.4, 0.5) is 4.79 Å². The lowest BCUT2D eigenvalue weighted by molar-refractivity contribution is -0.000641. The Kier molecular flexibility index (Phi) is 2.94. The van der Waals surface area contributed by atoms with Gasteiger partial charge in [0.2, 0.25) is 0 Å². The van der Waals surface area contributed by atoms with E-state index < -0.39 is 5.60 Å². The van der Waals surface area contributed by atoms with Crippen LogP contribution in [0.15, 0.2) is 12.7 Å². The molecule has 2 aliphatic heterocycles. The summed E-state index contributed by atoms with van der Waals surface area (Å²) in [5.41, 5.74) is -0.686. The van der Waals surface area contributed by atoms with Crippen LogP contribution in [-0.4, -0.2) is 41.3 Å². The second-order valence-electron chi connectivity index (χ2n) is 5.98. The van der Waals surface area contributed by atoms with Crippen LogP contribution >= 0.6 is 0 Å². The lowest BCUT2D eigenvalue weighted by atomic mass is 9.96. The standard InChI is InChI=1S/C13H22N2O2/c1-5-13-7-6-10(8-14-9-13)15(13)11(16)17-12(2,3)4/h5,10,14H,1,6-9H2,2-4H3/t10?,13-/m0/s1. The summed E-state index contributed by atoms with van der Waals surface area (Å²) in [6.45, 7) is 11.2. The number of amides is 1. The first-order valence-electron chi connectivity index (χ1n) is 6.25. The number of fused-ring (bicyclic) bond motifs is 2. The maximum atomic E-state index is 12.3. The van der Waals surface area contributed by atoms with Crippen LogP contribution in [0.2, 0.25) is 0 Å². The zero-order valence-electron chi connectivity index (χ0n) is 11.0. The van der Waals surface area contributed by atoms with E-state index in [4.69, 9.17) is 4.74 Å². The van der Waals surface area contributed by atoms with E-state index in [9.17, 15) is 4.79 Å². The van der Waals surface area contributed by atoms with Crippen molar-refractivity contribution in [2.75, 3.05) is 13.1 Å². The molecule has 0 aromatic rings. The third-order valence-corrected chi connectivity index (χ3v) is 3.54. The molecule has 2 atom stereocenters. The molecule has 0 radical (unpaired) electrons. The Morgan fingerprint density at radius 1 is 1.59 bits per heavy atom. The number of carbonyl (C=O) groups is 1. The van der Waals surface area contributed by atoms with Gasteiger partial charge in [-0.05, 0) is 33.6 Å². The predicted octanol–water partition coefficient (Wildman–Crippen LogP) is 1.91. The lowest BCUT2D eigenvalue weighted by Gasteiger charge is -2.43. The number of hydrogen-bond donors (Lipinski definition) is 1. The number of nitrogens with one attached hydrogen (secondary N) is 1. The van der Waals surface area contributed by atoms with Crippen molar-refractivity contribution in [1.29, 1.82) is 0 Å². The summed E-state index contributed by atoms with van der Waals surface area (Å²) in [7, 11) is 0. The zero-order valence-corrected chi connectivity index (χ0v) is 11.0. The summed E-state index contributed by atoms with van der Waals surface area (Å²) in [6, 6.07) is 0.247. The van der Waals surface area contributed by atoms with Crippen LogP contribution in [-0.2, 0) is 4.74 Å². The fourth-order valence-corrected chi connectivity index (χ4v) is 2.77. The van der Waals surface area contributed by atoms with Gasteiger partial charge in [0.05, 0.1) is 5.54 Å². The molecular weight excluding hydrogens is 216 g/mol. The van der Waals surface area contributed by atoms with Crippen molar-refractivity contribution in [3.63, 3.8) is 0 Å². The number of rotatable bonds is 1. The molecule has 2 heterocycles. The first-order valence-corrected chi connectivity index (χ1v) is 6.25. The Labute approximate surface area is 103 Å². The lowest BCUT2D eigenvalue weighted by Crippen LogP contribution is -2.62. The van der Waals surface area contributed by atoms with Crippen LogP contribution in [0.1, 0.15) is 33.6 Å². The molecule has 0 aliphatic carbocycles. The smallest absolute Gasteiger partial charge is 0.411 e. The van der Waals surface area contributed by atoms with Crippen LogP contribution in [0.3, 0.4) is 0 Å². The average molecular weight is 238 g/mol. The quantitative estimate of drug-likeness (QED) is 0.710. The van der Waals surface area contributed by atoms with E-state index in [1.807, 2.05) is 31.7 Å². The highest BCUT2D eigenvalue weighted by Gasteiger charge is 2.50. The first-order chi connectivity index (χ1) is 7.88. The Morgan fingerprint density at radius 3 is 2.88 bits per heavy atom. The first kappa shape index (κ1) is 12.4. The van der Waals surface area contributed by atoms with Gasteiger partial charge >= 0.3 is 6.09 Å². The Hall–Kier alpha value is -1.03. The Bertz CT molecular complexity index is 331. The second-order valence-corrected chi connectivity index (χ2v) is 5.98. The van der Waals surface area contributed by atoms with E-state index in [1.165, 1.54) is 0 Å². The third kappa shape index (κ3) is 2.18. The van der Waals surface area contributed by atoms with E-state index in [0.29, 0.717) is 0 Å². The molecule has 0 aromatic heterocycles. The molecule has 2 saturated heterocycles. The number of ether oxygens (including phenoxy) is 1. The predicted molar refractivity (Wildman–Crippen MR) is 66.9 cm³/mol. The normalized spacial score (nSPS) is 32.4. The highest BCUT2D eigenvalue weighted by Crippen LogP contribution is 2.38. The summed E-state index contributed by atoms with van der Waals surface area (Å²) in [5.74, 6) is 0. The van der Waals surface area contributed by atoms with Gasteiger partial charge in [-0.15, -0.1) is 6.58 Å². The van der Waals surface area contributed by atoms with Crippen molar-refractivity contribution in [3.8, 4) is 0 Å². The van der Waals surface area contributed by atoms with Gasteiger partial charge in [-0.3, -0.25) is 4.90 Å². The highest BCUT2D eigenvalue weighted by atomic mass is 16.6. The van der Waals surface area contributed by atoms with E-state index in [0.717, 1.165) is 25.9 Å². The van der Waals surface area contributed by atoms with E-state index in [2.05, 4.69) is 11.9 Å². The molecular formula is C13H22N2O2. The van der Waals surface area contributed by atoms with Crippen LogP contribution in [0.25, 0.3) is 0 Å². The van der Waals surface area contributed by atoms with Crippen LogP contribution in [0.5, 0.6) is 0 Å². The fraction of sp³-hybridized carbons (Fsp3) is 0.769. The van der Waals surface area contributed by atoms with Gasteiger partial charge in [0, 0.05) is 19.1 Å². The molecule has 2 fully saturated rings. The maximum Gasteiger partial charge on any atom is 0.411 e. The third-order valence-electron chi connectivity index (χ3n) is 3.54. The van der Waals surface area contributed by atoms with Crippen molar-refractivity contribution in [1.82, 2.24) is 10.2 Å². The van der Waals surface area contributed by atoms with E-state index >= 15 is 0 Å². The summed E-state index contributed by atoms with van der Waals surface area (Å²) in [6.07, 6.45) is 3.69. The minimum atomic E-state index is -0.441. The largest absolute Gasteiger partial charge is 0.444 e. The van der Waals surface area contributed by atoms with Gasteiger partial charge in [0.1, 0.15) is 5.60 Å². The van der Waals surface area contributed by atoms with E-state index in [-0.39, 0.29) is 17.7 Å². The minimum Gasteiger partial charge on any atom is -0.444 e. The SMILES string of the molecule is C=C[C@]12CCC(CNC1)N2C(=O)OC(C)(C)C. The molecule has 1 N–H and O–H groups in total. The molecule has 4 nitrogen and oxygen atoms in total. The van der Waals surface area contributed by atoms with Crippen molar-refractivity contribution in [2.24, 2.45) is 0 Å². The van der Waals surface area contributed by atoms with Gasteiger partial charge in [-0.1, -0.05) is 6.08 Å². The van der Waals surface area contributed by atoms with Crippen molar-refractivity contribution < 1.29 is 9.53 Å². The molecule has 17 heavy (non-hydrogen) atoms. The molecule has 1 unspecified atom stereocenters. The topological polar surface area (TPSA) is 41.6 Å². The van der Waals surface area contributed by atoms with Crippen molar-refractivity contribution in [3.05, 3.63) is 12.7 Å². The van der Waals surface area contributed by atoms with Gasteiger partial charge < -0.3 is 10.1 Å². The Balaban J connectivity index is 2.19. The zero-order chi connectivity index (χ0) is 12.7. The van der Waals surface area contributed by atoms with Crippen molar-refractivity contribution >= 4 is 6.09 Å². The van der Waals surface area contributed by atoms with Crippen LogP contribution in [0, 0.1) is 0 Å². The summed E-state index contributed by atoms with van der Waals surface area (Å²) in [4.78, 5) is 14.2. The summed E-state index contributed by atoms with van der Waals surface area (Å²) < 4.78 is 5.50. The number of carbonyl (C=O) groups excluding carboxylic acids is 1. The van der Waals surface area contributed by atoms with Gasteiger partial charge in [-0.2, -0.15) is 0 Å². The van der Waals surface area contributed by atoms with Gasteiger partial charge in [-0.25, -0.2) is 4.79 Å². The number of hydrogen-bond acceptors (Lipinski definition) is 3. The maximum absolute atomic E-state index is 12.3. The highest BCUT2D eigenvalue weighted by molar-refractivity contribution is 5.71. The Morgan fingerprint density at radius 2 is 2.29 bits per heavy atom. The fourth-order valence-electron chi connectivity index (χ4n) is 2.77. The molecule has 2 aliphatic rings. The van der Waals surface area contributed by atoms with Crippen molar-refractivity contribution in [2.45, 2.75) is 50.8 Å². The average Bonchev–Trinajstić information content (AvgIpc) is 2.44. The molecule has 2 rings (SSSR count). The molecule has 1 amide bonds. The van der Waals surface area contributed by atoms with E-state index in [1.54, 1.807) is 0 Å². The molecule has 2 bridgehead atoms. The second kappa shape index (κ2) is 4.02. The molecule has 0 spiro atoms. The molecule has 4 heteroatoms. The molecule has 0 saturated carbocycles. The minimum absolute atomic E-state index is 0.207. The molecule has 0 aromatic carbocycles. The van der Waals surface area contributed by atoms with Crippen LogP contribution < -0.4 is 5.32 Å². The summed E-state index contributed by atoms with van der Waals surface area (Å²) in [5, 5.41) is 3.37. The number of piperazine rings is 1. The monoisotopic (exact) mass is 238 g/mol. The van der Waals surface area contributed by atoms with Gasteiger partial charge in [0.25, 0.3) is 0 Å². The molecule has 96 valence electrons. The summed E-state index contributed by atoms with van der Waals surface area (Å²) >= 11 is 0.